The van der Waals surface area contributed by atoms with Crippen LogP contribution in [-0.2, 0) is 32.2 Å². The number of anilines is 1. The first-order valence-electron chi connectivity index (χ1n) is 19.4. The van der Waals surface area contributed by atoms with Crippen LogP contribution in [0.2, 0.25) is 0 Å². The van der Waals surface area contributed by atoms with Gasteiger partial charge in [-0.2, -0.15) is 0 Å². The second-order valence-corrected chi connectivity index (χ2v) is 14.4. The zero-order valence-electron chi connectivity index (χ0n) is 31.6. The third kappa shape index (κ3) is 11.2. The van der Waals surface area contributed by atoms with Gasteiger partial charge in [-0.1, -0.05) is 85.6 Å². The number of rotatable bonds is 17. The molecule has 296 valence electrons. The first-order chi connectivity index (χ1) is 27.3. The molecule has 2 aliphatic heterocycles. The fourth-order valence-corrected chi connectivity index (χ4v) is 7.33. The van der Waals surface area contributed by atoms with Gasteiger partial charge in [0.25, 0.3) is 5.69 Å². The third-order valence-corrected chi connectivity index (χ3v) is 10.5. The summed E-state index contributed by atoms with van der Waals surface area (Å²) in [6.45, 7) is 4.39. The number of nitrogens with one attached hydrogen (secondary N) is 2. The summed E-state index contributed by atoms with van der Waals surface area (Å²) in [5.41, 5.74) is 8.53. The molecule has 2 saturated heterocycles. The smallest absolute Gasteiger partial charge is 0.269 e. The Morgan fingerprint density at radius 3 is 2.11 bits per heavy atom. The average molecular weight is 766 g/mol. The third-order valence-electron chi connectivity index (χ3n) is 10.5. The maximum atomic E-state index is 12.6. The highest BCUT2D eigenvalue weighted by Crippen LogP contribution is 2.39. The van der Waals surface area contributed by atoms with E-state index >= 15 is 0 Å². The van der Waals surface area contributed by atoms with Crippen LogP contribution in [-0.4, -0.2) is 70.8 Å². The lowest BCUT2D eigenvalue weighted by Gasteiger charge is -2.41. The number of hydrogen-bond donors (Lipinski definition) is 4. The molecule has 0 saturated carbocycles. The molecule has 0 aliphatic carbocycles. The van der Waals surface area contributed by atoms with E-state index in [1.165, 1.54) is 0 Å². The number of carbonyl (C=O) groups is 2. The number of nitrogens with zero attached hydrogens (tertiary/aromatic N) is 3. The van der Waals surface area contributed by atoms with Gasteiger partial charge in [0.2, 0.25) is 11.8 Å². The summed E-state index contributed by atoms with van der Waals surface area (Å²) in [4.78, 5) is 39.1. The number of non-ortho nitro benzene ring substituents is 1. The number of carbonyl (C=O) groups excluding carboxylic acids is 2. The normalized spacial score (nSPS) is 18.7. The fourth-order valence-electron chi connectivity index (χ4n) is 7.33. The number of aliphatic hydroxyl groups excluding tert-OH is 1. The summed E-state index contributed by atoms with van der Waals surface area (Å²) in [5, 5.41) is 32.4. The summed E-state index contributed by atoms with van der Waals surface area (Å²) < 4.78 is 13.3. The Balaban J connectivity index is 1.07. The zero-order chi connectivity index (χ0) is 39.3. The molecule has 2 aliphatic rings. The second-order valence-electron chi connectivity index (χ2n) is 14.4. The largest absolute Gasteiger partial charge is 0.392 e. The highest BCUT2D eigenvalue weighted by Gasteiger charge is 2.34. The molecule has 4 aromatic carbocycles. The van der Waals surface area contributed by atoms with Crippen LogP contribution in [0.15, 0.2) is 97.1 Å². The molecule has 2 heterocycles. The highest BCUT2D eigenvalue weighted by molar-refractivity contribution is 5.76. The van der Waals surface area contributed by atoms with Gasteiger partial charge in [0.15, 0.2) is 6.29 Å². The van der Waals surface area contributed by atoms with E-state index in [2.05, 4.69) is 33.3 Å². The second kappa shape index (κ2) is 20.1. The van der Waals surface area contributed by atoms with Crippen LogP contribution in [0.1, 0.15) is 79.6 Å². The molecule has 56 heavy (non-hydrogen) atoms. The lowest BCUT2D eigenvalue weighted by molar-refractivity contribution is -0.384. The van der Waals surface area contributed by atoms with Crippen LogP contribution < -0.4 is 15.7 Å². The van der Waals surface area contributed by atoms with Crippen molar-refractivity contribution in [2.45, 2.75) is 76.6 Å². The topological polar surface area (TPSA) is 167 Å². The first kappa shape index (κ1) is 40.5. The van der Waals surface area contributed by atoms with Crippen molar-refractivity contribution in [3.05, 3.63) is 129 Å². The predicted octanol–water partition coefficient (Wildman–Crippen LogP) is 6.58. The van der Waals surface area contributed by atoms with Crippen molar-refractivity contribution >= 4 is 23.2 Å². The maximum absolute atomic E-state index is 12.6. The first-order valence-corrected chi connectivity index (χ1v) is 19.4. The Morgan fingerprint density at radius 2 is 1.45 bits per heavy atom. The fraction of sp³-hybridized carbons (Fsp3) is 0.395. The minimum Gasteiger partial charge on any atom is -0.392 e. The van der Waals surface area contributed by atoms with E-state index in [0.29, 0.717) is 25.8 Å². The number of benzene rings is 4. The van der Waals surface area contributed by atoms with Crippen molar-refractivity contribution in [2.24, 2.45) is 0 Å². The van der Waals surface area contributed by atoms with Gasteiger partial charge in [-0.05, 0) is 52.8 Å². The highest BCUT2D eigenvalue weighted by atomic mass is 16.7. The van der Waals surface area contributed by atoms with Crippen molar-refractivity contribution in [1.82, 2.24) is 15.7 Å². The average Bonchev–Trinajstić information content (AvgIpc) is 3.24. The molecule has 4 aromatic rings. The lowest BCUT2D eigenvalue weighted by atomic mass is 9.97. The van der Waals surface area contributed by atoms with E-state index in [4.69, 9.17) is 14.7 Å². The van der Waals surface area contributed by atoms with E-state index in [1.807, 2.05) is 66.7 Å². The summed E-state index contributed by atoms with van der Waals surface area (Å²) >= 11 is 0. The molecular weight excluding hydrogens is 714 g/mol. The number of ether oxygens (including phenoxy) is 2. The van der Waals surface area contributed by atoms with Crippen LogP contribution in [0.5, 0.6) is 0 Å². The van der Waals surface area contributed by atoms with Crippen molar-refractivity contribution in [3.63, 3.8) is 0 Å². The van der Waals surface area contributed by atoms with E-state index in [0.717, 1.165) is 91.1 Å². The van der Waals surface area contributed by atoms with E-state index in [9.17, 15) is 24.8 Å². The number of aliphatic hydroxyl groups is 1. The number of piperazine rings is 1. The molecular formula is C43H51N5O8. The number of nitro groups is 1. The van der Waals surface area contributed by atoms with Crippen LogP contribution in [0.25, 0.3) is 11.1 Å². The molecule has 6 rings (SSSR count). The summed E-state index contributed by atoms with van der Waals surface area (Å²) in [6.07, 6.45) is 3.54. The minimum absolute atomic E-state index is 0.0173. The standard InChI is InChI=1S/C43H51N5O8/c49-30-31-11-13-33(14-12-31)40-27-38(29-46-23-25-47(26-24-46)36-19-21-37(22-20-36)48(53)54)55-43(56-40)34-17-15-32(16-18-34)39-8-6-5-7-35(39)28-44-41(50)9-3-1-2-4-10-42(51)45-52/h5-8,11-22,38,40,43,49,52H,1-4,9-10,23-30H2,(H,44,50)(H,45,51). The number of hydrogen-bond acceptors (Lipinski definition) is 10. The van der Waals surface area contributed by atoms with E-state index in [-0.39, 0.29) is 41.8 Å². The van der Waals surface area contributed by atoms with Gasteiger partial charge in [0.1, 0.15) is 0 Å². The van der Waals surface area contributed by atoms with Gasteiger partial charge in [-0.25, -0.2) is 5.48 Å². The molecule has 0 bridgehead atoms. The van der Waals surface area contributed by atoms with Crippen molar-refractivity contribution in [1.29, 1.82) is 0 Å². The summed E-state index contributed by atoms with van der Waals surface area (Å²) in [7, 11) is 0. The van der Waals surface area contributed by atoms with Crippen molar-refractivity contribution in [2.75, 3.05) is 37.6 Å². The molecule has 13 heteroatoms. The Hall–Kier alpha value is -5.18. The van der Waals surface area contributed by atoms with Crippen molar-refractivity contribution in [3.8, 4) is 11.1 Å². The molecule has 0 aromatic heterocycles. The molecule has 2 amide bonds. The zero-order valence-corrected chi connectivity index (χ0v) is 31.6. The van der Waals surface area contributed by atoms with Gasteiger partial charge in [0, 0.05) is 81.9 Å². The van der Waals surface area contributed by atoms with Crippen LogP contribution in [0, 0.1) is 10.1 Å². The van der Waals surface area contributed by atoms with Crippen LogP contribution in [0.3, 0.4) is 0 Å². The monoisotopic (exact) mass is 765 g/mol. The lowest BCUT2D eigenvalue weighted by Crippen LogP contribution is -2.49. The van der Waals surface area contributed by atoms with E-state index in [1.54, 1.807) is 17.6 Å². The molecule has 4 N–H and O–H groups in total. The molecule has 3 unspecified atom stereocenters. The maximum Gasteiger partial charge on any atom is 0.269 e. The number of amides is 2. The van der Waals surface area contributed by atoms with E-state index < -0.39 is 12.2 Å². The molecule has 13 nitrogen and oxygen atoms in total. The van der Waals surface area contributed by atoms with Gasteiger partial charge < -0.3 is 24.8 Å². The quantitative estimate of drug-likeness (QED) is 0.0399. The van der Waals surface area contributed by atoms with Crippen molar-refractivity contribution < 1.29 is 34.3 Å². The van der Waals surface area contributed by atoms with Crippen LogP contribution >= 0.6 is 0 Å². The van der Waals surface area contributed by atoms with Gasteiger partial charge in [0.05, 0.1) is 23.7 Å². The van der Waals surface area contributed by atoms with Gasteiger partial charge in [-0.15, -0.1) is 0 Å². The SMILES string of the molecule is O=C(CCCCCCC(=O)NCc1ccccc1-c1ccc(C2OC(CN3CCN(c4ccc([N+](=O)[O-])cc4)CC3)CC(c3ccc(CO)cc3)O2)cc1)NO. The Labute approximate surface area is 327 Å². The molecule has 0 spiro atoms. The Kier molecular flexibility index (Phi) is 14.5. The predicted molar refractivity (Wildman–Crippen MR) is 212 cm³/mol. The van der Waals surface area contributed by atoms with Gasteiger partial charge >= 0.3 is 0 Å². The minimum atomic E-state index is -0.590. The Bertz CT molecular complexity index is 1880. The summed E-state index contributed by atoms with van der Waals surface area (Å²) in [6, 6.07) is 30.8. The van der Waals surface area contributed by atoms with Crippen LogP contribution in [0.4, 0.5) is 11.4 Å². The molecule has 2 fully saturated rings. The molecule has 3 atom stereocenters. The summed E-state index contributed by atoms with van der Waals surface area (Å²) in [5.74, 6) is -0.408. The van der Waals surface area contributed by atoms with Gasteiger partial charge in [-0.3, -0.25) is 29.8 Å². The Morgan fingerprint density at radius 1 is 0.786 bits per heavy atom. The molecule has 0 radical (unpaired) electrons. The number of hydroxylamine groups is 1. The number of nitro benzene ring substituents is 1. The number of unbranched alkanes of at least 4 members (excludes halogenated alkanes) is 3.